The highest BCUT2D eigenvalue weighted by Crippen LogP contribution is 2.56. The van der Waals surface area contributed by atoms with Gasteiger partial charge in [0.2, 0.25) is 0 Å². The molecule has 0 fully saturated rings. The van der Waals surface area contributed by atoms with Gasteiger partial charge in [0.15, 0.2) is 17.5 Å². The number of nitrogens with zero attached hydrogens (tertiary/aromatic N) is 3. The molecule has 4 nitrogen and oxygen atoms in total. The Hall–Kier alpha value is -6.65. The maximum atomic E-state index is 10.4. The van der Waals surface area contributed by atoms with Crippen molar-refractivity contribution in [1.29, 1.82) is 0 Å². The highest BCUT2D eigenvalue weighted by atomic mass is 16.3. The summed E-state index contributed by atoms with van der Waals surface area (Å²) in [6.45, 7) is 1.25. The second kappa shape index (κ2) is 11.5. The molecule has 1 atom stereocenters. The number of aromatic nitrogens is 3. The Kier molecular flexibility index (Phi) is 2.83. The third-order valence-electron chi connectivity index (χ3n) is 8.25. The van der Waals surface area contributed by atoms with Crippen molar-refractivity contribution in [3.05, 3.63) is 197 Å². The summed E-state index contributed by atoms with van der Waals surface area (Å²) in [5.74, 6) is -2.59. The van der Waals surface area contributed by atoms with Gasteiger partial charge in [0.05, 0.1) is 43.8 Å². The molecule has 2 aromatic heterocycles. The predicted molar refractivity (Wildman–Crippen MR) is 205 cm³/mol. The van der Waals surface area contributed by atoms with Crippen molar-refractivity contribution in [1.82, 2.24) is 15.0 Å². The average molecular weight is 682 g/mol. The molecular formula is C47H31N3O. The molecule has 1 aliphatic carbocycles. The van der Waals surface area contributed by atoms with E-state index < -0.39 is 264 Å². The molecular weight excluding hydrogens is 623 g/mol. The summed E-state index contributed by atoms with van der Waals surface area (Å²) in [7, 11) is 0. The first-order chi connectivity index (χ1) is 36.8. The fourth-order valence-corrected chi connectivity index (χ4v) is 6.18. The molecule has 7 aromatic carbocycles. The molecule has 1 aliphatic rings. The first kappa shape index (κ1) is 12.6. The van der Waals surface area contributed by atoms with Crippen molar-refractivity contribution >= 4 is 21.9 Å². The molecule has 0 bridgehead atoms. The van der Waals surface area contributed by atoms with Crippen molar-refractivity contribution in [2.75, 3.05) is 0 Å². The van der Waals surface area contributed by atoms with E-state index in [1.807, 2.05) is 0 Å². The van der Waals surface area contributed by atoms with Crippen molar-refractivity contribution < 1.29 is 42.8 Å². The zero-order valence-corrected chi connectivity index (χ0v) is 25.7. The van der Waals surface area contributed by atoms with Gasteiger partial charge >= 0.3 is 0 Å². The van der Waals surface area contributed by atoms with Gasteiger partial charge < -0.3 is 4.42 Å². The molecule has 240 valence electrons. The lowest BCUT2D eigenvalue weighted by Gasteiger charge is -2.34. The van der Waals surface area contributed by atoms with Crippen LogP contribution in [0.25, 0.3) is 67.2 Å². The van der Waals surface area contributed by atoms with E-state index in [9.17, 15) is 13.7 Å². The van der Waals surface area contributed by atoms with Gasteiger partial charge in [-0.25, -0.2) is 15.0 Å². The maximum Gasteiger partial charge on any atom is 0.164 e. The Balaban J connectivity index is 1.50. The van der Waals surface area contributed by atoms with Crippen LogP contribution < -0.4 is 0 Å². The van der Waals surface area contributed by atoms with E-state index in [4.69, 9.17) is 29.1 Å². The Morgan fingerprint density at radius 2 is 1.08 bits per heavy atom. The van der Waals surface area contributed by atoms with Gasteiger partial charge in [0, 0.05) is 27.5 Å². The summed E-state index contributed by atoms with van der Waals surface area (Å²) < 4.78 is 259. The zero-order valence-electron chi connectivity index (χ0n) is 53.7. The second-order valence-corrected chi connectivity index (χ2v) is 11.1. The number of hydrogen-bond acceptors (Lipinski definition) is 4. The van der Waals surface area contributed by atoms with Gasteiger partial charge in [0.25, 0.3) is 0 Å². The predicted octanol–water partition coefficient (Wildman–Crippen LogP) is 11.4. The first-order valence-electron chi connectivity index (χ1n) is 29.0. The Morgan fingerprint density at radius 3 is 1.80 bits per heavy atom. The normalized spacial score (nSPS) is 22.5. The third-order valence-corrected chi connectivity index (χ3v) is 8.25. The van der Waals surface area contributed by atoms with Crippen LogP contribution in [0.4, 0.5) is 0 Å². The van der Waals surface area contributed by atoms with Gasteiger partial charge in [0.1, 0.15) is 11.2 Å². The Morgan fingerprint density at radius 1 is 0.471 bits per heavy atom. The Labute approximate surface area is 335 Å². The minimum Gasteiger partial charge on any atom is -0.456 e. The molecule has 51 heavy (non-hydrogen) atoms. The van der Waals surface area contributed by atoms with E-state index >= 15 is 0 Å². The SMILES string of the molecule is [2H]c1c([2H])c([2H])c(-c2nc(-c3c([2H])c([2H])c([2H])c([2H])c3[2H])nc(-c3c([2H])c([2H])c([2H])c4oc5c([2H])c([2H])c(C6(c7c([2H])c([2H])c([2H])c([2H])c7[2H])c7c([2H])c([2H])c([2H])c([2H])c7-c7c([2H])c(C)c([2H])c([2H])c76)c([2H])c5c34)n2)c([2H])c1[2H]. The van der Waals surface area contributed by atoms with Gasteiger partial charge in [-0.05, 0) is 58.4 Å². The minimum absolute atomic E-state index is 0.223. The van der Waals surface area contributed by atoms with E-state index in [1.165, 1.54) is 6.92 Å². The minimum atomic E-state index is -3.15. The largest absolute Gasteiger partial charge is 0.456 e. The summed E-state index contributed by atoms with van der Waals surface area (Å²) in [5.41, 5.74) is -11.8. The van der Waals surface area contributed by atoms with Crippen molar-refractivity contribution in [3.63, 3.8) is 0 Å². The summed E-state index contributed by atoms with van der Waals surface area (Å²) in [6, 6.07) is -26.8. The Bertz CT molecular complexity index is 4140. The number of hydrogen-bond donors (Lipinski definition) is 0. The van der Waals surface area contributed by atoms with Crippen LogP contribution in [0, 0.1) is 6.92 Å². The smallest absolute Gasteiger partial charge is 0.164 e. The van der Waals surface area contributed by atoms with Crippen LogP contribution in [0.3, 0.4) is 0 Å². The average Bonchev–Trinajstić information content (AvgIpc) is 3.47. The van der Waals surface area contributed by atoms with Crippen LogP contribution >= 0.6 is 0 Å². The molecule has 0 aliphatic heterocycles. The van der Waals surface area contributed by atoms with Crippen molar-refractivity contribution in [2.45, 2.75) is 12.3 Å². The molecule has 0 amide bonds. The standard InChI is InChI=1S/C47H31N3O/c1-30-24-26-40-37(28-30)35-20-11-12-22-39(35)47(40,33-18-9-4-10-19-33)34-25-27-41-38(29-34)43-36(21-13-23-42(43)51-41)46-49-44(31-14-5-2-6-15-31)48-45(50-46)32-16-7-3-8-17-32/h2-29H,1H3/i2D,3D,4D,5D,6D,7D,8D,9D,10D,11D,12D,13D,14D,15D,16D,17D,18D,19D,20D,21D,22D,23D,24D,25D,26D,27D,28D,29D. The molecule has 9 aromatic rings. The molecule has 1 unspecified atom stereocenters. The van der Waals surface area contributed by atoms with Gasteiger partial charge in [-0.3, -0.25) is 0 Å². The van der Waals surface area contributed by atoms with E-state index in [0.29, 0.717) is 0 Å². The zero-order chi connectivity index (χ0) is 58.3. The number of furan rings is 1. The number of benzene rings is 7. The monoisotopic (exact) mass is 681 g/mol. The van der Waals surface area contributed by atoms with Crippen LogP contribution in [0.5, 0.6) is 0 Å². The molecule has 0 saturated carbocycles. The molecule has 0 saturated heterocycles. The van der Waals surface area contributed by atoms with E-state index in [1.54, 1.807) is 0 Å². The molecule has 0 N–H and O–H groups in total. The van der Waals surface area contributed by atoms with Gasteiger partial charge in [-0.15, -0.1) is 0 Å². The van der Waals surface area contributed by atoms with Crippen molar-refractivity contribution in [3.8, 4) is 45.3 Å². The quantitative estimate of drug-likeness (QED) is 0.181. The summed E-state index contributed by atoms with van der Waals surface area (Å²) >= 11 is 0. The van der Waals surface area contributed by atoms with Crippen LogP contribution in [-0.2, 0) is 5.41 Å². The molecule has 0 radical (unpaired) electrons. The lowest BCUT2D eigenvalue weighted by molar-refractivity contribution is 0.668. The van der Waals surface area contributed by atoms with Crippen LogP contribution in [0.15, 0.2) is 174 Å². The lowest BCUT2D eigenvalue weighted by Crippen LogP contribution is -2.28. The summed E-state index contributed by atoms with van der Waals surface area (Å²) in [6.07, 6.45) is 0. The van der Waals surface area contributed by atoms with Gasteiger partial charge in [-0.1, -0.05) is 157 Å². The summed E-state index contributed by atoms with van der Waals surface area (Å²) in [5, 5.41) is -1.41. The lowest BCUT2D eigenvalue weighted by atomic mass is 9.67. The molecule has 2 heterocycles. The number of rotatable bonds is 5. The van der Waals surface area contributed by atoms with E-state index in [2.05, 4.69) is 15.0 Å². The highest BCUT2D eigenvalue weighted by Gasteiger charge is 2.46. The first-order valence-corrected chi connectivity index (χ1v) is 15.0. The maximum absolute atomic E-state index is 10.4. The molecule has 4 heteroatoms. The highest BCUT2D eigenvalue weighted by molar-refractivity contribution is 6.12. The van der Waals surface area contributed by atoms with E-state index in [-0.39, 0.29) is 5.56 Å². The fourth-order valence-electron chi connectivity index (χ4n) is 6.18. The van der Waals surface area contributed by atoms with E-state index in [0.717, 1.165) is 0 Å². The molecule has 10 rings (SSSR count). The van der Waals surface area contributed by atoms with Crippen LogP contribution in [-0.4, -0.2) is 15.0 Å². The topological polar surface area (TPSA) is 51.8 Å². The summed E-state index contributed by atoms with van der Waals surface area (Å²) in [4.78, 5) is 13.0. The van der Waals surface area contributed by atoms with Crippen LogP contribution in [0.2, 0.25) is 0 Å². The van der Waals surface area contributed by atoms with Crippen LogP contribution in [0.1, 0.15) is 66.2 Å². The number of fused-ring (bicyclic) bond motifs is 6. The third kappa shape index (κ3) is 4.50. The van der Waals surface area contributed by atoms with Crippen molar-refractivity contribution in [2.24, 2.45) is 0 Å². The second-order valence-electron chi connectivity index (χ2n) is 11.1. The fraction of sp³-hybridized carbons (Fsp3) is 0.0426. The van der Waals surface area contributed by atoms with Gasteiger partial charge in [-0.2, -0.15) is 0 Å². The molecule has 0 spiro atoms.